The molecule has 1 aliphatic rings. The van der Waals surface area contributed by atoms with E-state index in [1.54, 1.807) is 0 Å². The van der Waals surface area contributed by atoms with Crippen molar-refractivity contribution >= 4 is 11.6 Å². The number of nitrogens with zero attached hydrogens (tertiary/aromatic N) is 2. The molecule has 1 aromatic heterocycles. The number of hydrogen-bond acceptors (Lipinski definition) is 4. The summed E-state index contributed by atoms with van der Waals surface area (Å²) in [5, 5.41) is 3.47. The number of pyridine rings is 1. The predicted molar refractivity (Wildman–Crippen MR) is 72.0 cm³/mol. The Morgan fingerprint density at radius 1 is 1.41 bits per heavy atom. The fourth-order valence-electron chi connectivity index (χ4n) is 2.36. The van der Waals surface area contributed by atoms with Gasteiger partial charge < -0.3 is 16.0 Å². The fraction of sp³-hybridized carbons (Fsp3) is 0.615. The van der Waals surface area contributed by atoms with Crippen molar-refractivity contribution in [3.63, 3.8) is 0 Å². The lowest BCUT2D eigenvalue weighted by molar-refractivity contribution is 0.219. The highest BCUT2D eigenvalue weighted by molar-refractivity contribution is 5.42. The number of nitrogens with one attached hydrogen (secondary N) is 1. The minimum atomic E-state index is 0.539. The summed E-state index contributed by atoms with van der Waals surface area (Å²) >= 11 is 0. The molecule has 0 aliphatic carbocycles. The van der Waals surface area contributed by atoms with Crippen LogP contribution < -0.4 is 11.1 Å². The Labute approximate surface area is 103 Å². The van der Waals surface area contributed by atoms with E-state index in [4.69, 9.17) is 5.73 Å². The van der Waals surface area contributed by atoms with Gasteiger partial charge in [0.1, 0.15) is 11.6 Å². The molecule has 0 spiro atoms. The average molecular weight is 234 g/mol. The monoisotopic (exact) mass is 234 g/mol. The second kappa shape index (κ2) is 5.87. The van der Waals surface area contributed by atoms with Crippen LogP contribution in [0.5, 0.6) is 0 Å². The van der Waals surface area contributed by atoms with Crippen LogP contribution in [-0.4, -0.2) is 35.6 Å². The van der Waals surface area contributed by atoms with Crippen LogP contribution in [0.2, 0.25) is 0 Å². The molecule has 1 aliphatic heterocycles. The summed E-state index contributed by atoms with van der Waals surface area (Å²) < 4.78 is 0. The van der Waals surface area contributed by atoms with E-state index in [2.05, 4.69) is 22.1 Å². The molecule has 2 rings (SSSR count). The first-order valence-corrected chi connectivity index (χ1v) is 6.49. The summed E-state index contributed by atoms with van der Waals surface area (Å²) in [5.41, 5.74) is 5.67. The minimum Gasteiger partial charge on any atom is -0.384 e. The van der Waals surface area contributed by atoms with E-state index in [1.165, 1.54) is 38.9 Å². The van der Waals surface area contributed by atoms with Crippen LogP contribution in [0.4, 0.5) is 11.6 Å². The largest absolute Gasteiger partial charge is 0.384 e. The predicted octanol–water partition coefficient (Wildman–Crippen LogP) is 1.95. The zero-order valence-corrected chi connectivity index (χ0v) is 10.5. The van der Waals surface area contributed by atoms with Crippen molar-refractivity contribution < 1.29 is 0 Å². The van der Waals surface area contributed by atoms with E-state index in [0.717, 1.165) is 5.82 Å². The molecular weight excluding hydrogens is 212 g/mol. The summed E-state index contributed by atoms with van der Waals surface area (Å²) in [6.07, 6.45) is 3.63. The highest BCUT2D eigenvalue weighted by Crippen LogP contribution is 2.15. The van der Waals surface area contributed by atoms with Gasteiger partial charge in [0.25, 0.3) is 0 Å². The Bertz CT molecular complexity index is 345. The highest BCUT2D eigenvalue weighted by Gasteiger charge is 2.18. The molecule has 2 heterocycles. The topological polar surface area (TPSA) is 54.2 Å². The van der Waals surface area contributed by atoms with Crippen LogP contribution >= 0.6 is 0 Å². The maximum atomic E-state index is 5.67. The number of nitrogens with two attached hydrogens (primary N) is 1. The normalized spacial score (nSPS) is 18.2. The van der Waals surface area contributed by atoms with Crippen molar-refractivity contribution in [2.45, 2.75) is 32.2 Å². The quantitative estimate of drug-likeness (QED) is 0.836. The van der Waals surface area contributed by atoms with Gasteiger partial charge in [0.15, 0.2) is 0 Å². The number of likely N-dealkylation sites (tertiary alicyclic amines) is 1. The van der Waals surface area contributed by atoms with Gasteiger partial charge in [-0.3, -0.25) is 0 Å². The lowest BCUT2D eigenvalue weighted by Crippen LogP contribution is -2.39. The summed E-state index contributed by atoms with van der Waals surface area (Å²) in [7, 11) is 0. The van der Waals surface area contributed by atoms with Gasteiger partial charge in [0, 0.05) is 19.1 Å². The van der Waals surface area contributed by atoms with Gasteiger partial charge in [-0.25, -0.2) is 4.98 Å². The van der Waals surface area contributed by atoms with Crippen molar-refractivity contribution in [2.24, 2.45) is 0 Å². The average Bonchev–Trinajstić information content (AvgIpc) is 2.32. The number of hydrogen-bond donors (Lipinski definition) is 2. The van der Waals surface area contributed by atoms with Crippen molar-refractivity contribution in [3.05, 3.63) is 18.2 Å². The van der Waals surface area contributed by atoms with Gasteiger partial charge in [-0.2, -0.15) is 0 Å². The molecule has 17 heavy (non-hydrogen) atoms. The van der Waals surface area contributed by atoms with Crippen LogP contribution in [0.3, 0.4) is 0 Å². The minimum absolute atomic E-state index is 0.539. The molecule has 0 atom stereocenters. The van der Waals surface area contributed by atoms with Crippen molar-refractivity contribution in [1.29, 1.82) is 0 Å². The molecule has 3 N–H and O–H groups in total. The van der Waals surface area contributed by atoms with Crippen LogP contribution in [0.25, 0.3) is 0 Å². The Kier molecular flexibility index (Phi) is 4.20. The van der Waals surface area contributed by atoms with Crippen LogP contribution in [0, 0.1) is 0 Å². The summed E-state index contributed by atoms with van der Waals surface area (Å²) in [5.74, 6) is 1.48. The first-order chi connectivity index (χ1) is 8.28. The van der Waals surface area contributed by atoms with Gasteiger partial charge in [-0.15, -0.1) is 0 Å². The second-order valence-corrected chi connectivity index (χ2v) is 4.71. The molecule has 4 nitrogen and oxygen atoms in total. The summed E-state index contributed by atoms with van der Waals surface area (Å²) in [6, 6.07) is 6.28. The summed E-state index contributed by atoms with van der Waals surface area (Å²) in [6.45, 7) is 5.84. The Morgan fingerprint density at radius 2 is 2.18 bits per heavy atom. The van der Waals surface area contributed by atoms with Gasteiger partial charge in [0.05, 0.1) is 0 Å². The third-order valence-electron chi connectivity index (χ3n) is 3.25. The molecule has 4 heteroatoms. The zero-order valence-electron chi connectivity index (χ0n) is 10.5. The Morgan fingerprint density at radius 3 is 2.82 bits per heavy atom. The Hall–Kier alpha value is -1.29. The van der Waals surface area contributed by atoms with E-state index in [-0.39, 0.29) is 0 Å². The molecular formula is C13H22N4. The molecule has 94 valence electrons. The number of rotatable bonds is 4. The molecule has 1 aromatic rings. The summed E-state index contributed by atoms with van der Waals surface area (Å²) in [4.78, 5) is 6.81. The molecule has 0 aromatic carbocycles. The van der Waals surface area contributed by atoms with E-state index < -0.39 is 0 Å². The van der Waals surface area contributed by atoms with Crippen molar-refractivity contribution in [3.8, 4) is 0 Å². The van der Waals surface area contributed by atoms with E-state index in [0.29, 0.717) is 11.9 Å². The van der Waals surface area contributed by atoms with Gasteiger partial charge in [-0.1, -0.05) is 13.0 Å². The number of aromatic nitrogens is 1. The van der Waals surface area contributed by atoms with Crippen molar-refractivity contribution in [2.75, 3.05) is 30.7 Å². The highest BCUT2D eigenvalue weighted by atomic mass is 15.1. The zero-order chi connectivity index (χ0) is 12.1. The second-order valence-electron chi connectivity index (χ2n) is 4.71. The number of piperidine rings is 1. The lowest BCUT2D eigenvalue weighted by Gasteiger charge is -2.32. The molecule has 1 fully saturated rings. The van der Waals surface area contributed by atoms with Crippen LogP contribution in [0.15, 0.2) is 18.2 Å². The van der Waals surface area contributed by atoms with E-state index in [9.17, 15) is 0 Å². The first kappa shape index (κ1) is 12.2. The van der Waals surface area contributed by atoms with Gasteiger partial charge in [-0.05, 0) is 37.9 Å². The maximum Gasteiger partial charge on any atom is 0.128 e. The van der Waals surface area contributed by atoms with Crippen LogP contribution in [-0.2, 0) is 0 Å². The smallest absolute Gasteiger partial charge is 0.128 e. The fourth-order valence-corrected chi connectivity index (χ4v) is 2.36. The van der Waals surface area contributed by atoms with E-state index in [1.807, 2.05) is 18.2 Å². The molecule has 0 saturated carbocycles. The SMILES string of the molecule is CCCN1CCC(Nc2cccc(N)n2)CC1. The van der Waals surface area contributed by atoms with E-state index >= 15 is 0 Å². The van der Waals surface area contributed by atoms with Gasteiger partial charge >= 0.3 is 0 Å². The van der Waals surface area contributed by atoms with Crippen molar-refractivity contribution in [1.82, 2.24) is 9.88 Å². The number of nitrogen functional groups attached to an aromatic ring is 1. The molecule has 1 saturated heterocycles. The third-order valence-corrected chi connectivity index (χ3v) is 3.25. The maximum absolute atomic E-state index is 5.67. The molecule has 0 bridgehead atoms. The third kappa shape index (κ3) is 3.60. The van der Waals surface area contributed by atoms with Crippen LogP contribution in [0.1, 0.15) is 26.2 Å². The standard InChI is InChI=1S/C13H22N4/c1-2-8-17-9-6-11(7-10-17)15-13-5-3-4-12(14)16-13/h3-5,11H,2,6-10H2,1H3,(H3,14,15,16). The molecule has 0 amide bonds. The Balaban J connectivity index is 1.82. The van der Waals surface area contributed by atoms with Gasteiger partial charge in [0.2, 0.25) is 0 Å². The first-order valence-electron chi connectivity index (χ1n) is 6.49. The lowest BCUT2D eigenvalue weighted by atomic mass is 10.0. The molecule has 0 radical (unpaired) electrons. The number of anilines is 2. The molecule has 0 unspecified atom stereocenters.